The SMILES string of the molecule is CCOC(=O)/C=C/[C@H](CCC(N)=O)NC(=O)[C@H](Cc1ccccc1)n1ccc(C)c(NC(=O)OCc2cc(C)on2)c1=O. The van der Waals surface area contributed by atoms with Crippen molar-refractivity contribution in [2.45, 2.75) is 58.7 Å². The highest BCUT2D eigenvalue weighted by Gasteiger charge is 2.26. The fraction of sp³-hybridized carbons (Fsp3) is 0.333. The topological polar surface area (TPSA) is 185 Å². The molecule has 2 heterocycles. The average molecular weight is 594 g/mol. The summed E-state index contributed by atoms with van der Waals surface area (Å²) in [5.41, 5.74) is 6.22. The van der Waals surface area contributed by atoms with Crippen LogP contribution in [0.25, 0.3) is 0 Å². The van der Waals surface area contributed by atoms with Crippen molar-refractivity contribution in [2.24, 2.45) is 5.73 Å². The monoisotopic (exact) mass is 593 g/mol. The molecule has 0 aliphatic carbocycles. The second-order valence-corrected chi connectivity index (χ2v) is 9.65. The van der Waals surface area contributed by atoms with Gasteiger partial charge >= 0.3 is 12.1 Å². The van der Waals surface area contributed by atoms with Gasteiger partial charge in [0.05, 0.1) is 6.61 Å². The molecule has 228 valence electrons. The van der Waals surface area contributed by atoms with Crippen molar-refractivity contribution in [3.05, 3.63) is 93.7 Å². The Morgan fingerprint density at radius 3 is 2.51 bits per heavy atom. The summed E-state index contributed by atoms with van der Waals surface area (Å²) in [7, 11) is 0. The molecule has 1 aromatic carbocycles. The number of aromatic nitrogens is 2. The lowest BCUT2D eigenvalue weighted by Crippen LogP contribution is -2.43. The van der Waals surface area contributed by atoms with Gasteiger partial charge in [-0.25, -0.2) is 9.59 Å². The van der Waals surface area contributed by atoms with Crippen LogP contribution in [0.15, 0.2) is 70.1 Å². The number of anilines is 1. The van der Waals surface area contributed by atoms with E-state index in [-0.39, 0.29) is 38.2 Å². The first-order chi connectivity index (χ1) is 20.6. The van der Waals surface area contributed by atoms with Gasteiger partial charge in [-0.2, -0.15) is 0 Å². The highest BCUT2D eigenvalue weighted by Crippen LogP contribution is 2.18. The van der Waals surface area contributed by atoms with Gasteiger partial charge in [0.1, 0.15) is 29.8 Å². The molecule has 2 atom stereocenters. The zero-order valence-electron chi connectivity index (χ0n) is 24.2. The summed E-state index contributed by atoms with van der Waals surface area (Å²) < 4.78 is 16.3. The molecule has 0 saturated carbocycles. The number of rotatable bonds is 14. The number of esters is 1. The Hall–Kier alpha value is -5.20. The number of aryl methyl sites for hydroxylation is 2. The van der Waals surface area contributed by atoms with Gasteiger partial charge in [-0.1, -0.05) is 41.6 Å². The van der Waals surface area contributed by atoms with Crippen molar-refractivity contribution >= 4 is 29.6 Å². The fourth-order valence-corrected chi connectivity index (χ4v) is 4.13. The zero-order valence-corrected chi connectivity index (χ0v) is 24.2. The van der Waals surface area contributed by atoms with Gasteiger partial charge in [-0.05, 0) is 44.4 Å². The lowest BCUT2D eigenvalue weighted by atomic mass is 10.0. The second-order valence-electron chi connectivity index (χ2n) is 9.65. The van der Waals surface area contributed by atoms with Gasteiger partial charge in [-0.3, -0.25) is 19.7 Å². The van der Waals surface area contributed by atoms with Crippen molar-refractivity contribution in [3.63, 3.8) is 0 Å². The van der Waals surface area contributed by atoms with Gasteiger partial charge in [0.2, 0.25) is 11.8 Å². The summed E-state index contributed by atoms with van der Waals surface area (Å²) in [6.07, 6.45) is 3.32. The van der Waals surface area contributed by atoms with Crippen LogP contribution in [0.3, 0.4) is 0 Å². The number of primary amides is 1. The van der Waals surface area contributed by atoms with Crippen molar-refractivity contribution in [3.8, 4) is 0 Å². The third kappa shape index (κ3) is 9.99. The van der Waals surface area contributed by atoms with Gasteiger partial charge in [-0.15, -0.1) is 0 Å². The summed E-state index contributed by atoms with van der Waals surface area (Å²) >= 11 is 0. The normalized spacial score (nSPS) is 12.3. The molecule has 0 saturated heterocycles. The molecule has 4 N–H and O–H groups in total. The summed E-state index contributed by atoms with van der Waals surface area (Å²) in [6, 6.07) is 10.4. The van der Waals surface area contributed by atoms with E-state index in [1.165, 1.54) is 16.8 Å². The van der Waals surface area contributed by atoms with E-state index in [0.29, 0.717) is 17.0 Å². The Morgan fingerprint density at radius 2 is 1.86 bits per heavy atom. The predicted molar refractivity (Wildman–Crippen MR) is 156 cm³/mol. The third-order valence-corrected chi connectivity index (χ3v) is 6.27. The van der Waals surface area contributed by atoms with Crippen LogP contribution in [0.1, 0.15) is 48.4 Å². The van der Waals surface area contributed by atoms with Crippen molar-refractivity contribution < 1.29 is 33.2 Å². The minimum absolute atomic E-state index is 0.0595. The fourth-order valence-electron chi connectivity index (χ4n) is 4.13. The molecular weight excluding hydrogens is 558 g/mol. The first-order valence-corrected chi connectivity index (χ1v) is 13.6. The van der Waals surface area contributed by atoms with Crippen LogP contribution in [0.2, 0.25) is 0 Å². The number of carbonyl (C=O) groups excluding carboxylic acids is 4. The summed E-state index contributed by atoms with van der Waals surface area (Å²) in [5.74, 6) is -1.21. The minimum atomic E-state index is -1.07. The Bertz CT molecular complexity index is 1510. The number of nitrogens with zero attached hydrogens (tertiary/aromatic N) is 2. The lowest BCUT2D eigenvalue weighted by molar-refractivity contribution is -0.137. The summed E-state index contributed by atoms with van der Waals surface area (Å²) in [6.45, 7) is 4.99. The molecule has 0 aliphatic heterocycles. The Morgan fingerprint density at radius 1 is 1.12 bits per heavy atom. The molecule has 2 aromatic heterocycles. The summed E-state index contributed by atoms with van der Waals surface area (Å²) in [5, 5.41) is 9.03. The molecule has 3 aromatic rings. The molecular formula is C30H35N5O8. The van der Waals surface area contributed by atoms with Gasteiger partial charge in [0.15, 0.2) is 0 Å². The van der Waals surface area contributed by atoms with E-state index in [2.05, 4.69) is 15.8 Å². The molecule has 0 aliphatic rings. The second kappa shape index (κ2) is 15.7. The van der Waals surface area contributed by atoms with Gasteiger partial charge in [0.25, 0.3) is 5.56 Å². The standard InChI is InChI=1S/C30H35N5O8/c1-4-41-26(37)13-11-22(10-12-25(31)36)32-28(38)24(17-21-8-6-5-7-9-21)35-15-14-19(2)27(29(35)39)33-30(40)42-18-23-16-20(3)43-34-23/h5-9,11,13-16,22,24H,4,10,12,17-18H2,1-3H3,(H2,31,36)(H,32,38)(H,33,40)/b13-11+/t22-,24-/m0/s1. The zero-order chi connectivity index (χ0) is 31.4. The number of pyridine rings is 1. The van der Waals surface area contributed by atoms with Gasteiger partial charge in [0, 0.05) is 37.2 Å². The van der Waals surface area contributed by atoms with E-state index in [0.717, 1.165) is 11.6 Å². The maximum Gasteiger partial charge on any atom is 0.412 e. The minimum Gasteiger partial charge on any atom is -0.463 e. The number of nitrogens with two attached hydrogens (primary N) is 1. The number of ether oxygens (including phenoxy) is 2. The van der Waals surface area contributed by atoms with Crippen LogP contribution in [0.5, 0.6) is 0 Å². The van der Waals surface area contributed by atoms with Crippen LogP contribution in [-0.4, -0.2) is 46.2 Å². The highest BCUT2D eigenvalue weighted by molar-refractivity contribution is 5.86. The molecule has 0 fully saturated rings. The van der Waals surface area contributed by atoms with Crippen LogP contribution >= 0.6 is 0 Å². The molecule has 13 nitrogen and oxygen atoms in total. The van der Waals surface area contributed by atoms with Crippen LogP contribution < -0.4 is 21.9 Å². The van der Waals surface area contributed by atoms with E-state index >= 15 is 0 Å². The maximum absolute atomic E-state index is 13.7. The smallest absolute Gasteiger partial charge is 0.412 e. The van der Waals surface area contributed by atoms with Crippen LogP contribution in [0, 0.1) is 13.8 Å². The summed E-state index contributed by atoms with van der Waals surface area (Å²) in [4.78, 5) is 63.3. The quantitative estimate of drug-likeness (QED) is 0.187. The number of hydrogen-bond acceptors (Lipinski definition) is 9. The Balaban J connectivity index is 1.90. The molecule has 0 spiro atoms. The third-order valence-electron chi connectivity index (χ3n) is 6.27. The largest absolute Gasteiger partial charge is 0.463 e. The molecule has 0 unspecified atom stereocenters. The van der Waals surface area contributed by atoms with E-state index in [4.69, 9.17) is 19.7 Å². The first kappa shape index (κ1) is 32.3. The van der Waals surface area contributed by atoms with E-state index in [1.54, 1.807) is 45.0 Å². The molecule has 0 radical (unpaired) electrons. The number of nitrogens with one attached hydrogen (secondary N) is 2. The van der Waals surface area contributed by atoms with Crippen molar-refractivity contribution in [1.82, 2.24) is 15.0 Å². The molecule has 43 heavy (non-hydrogen) atoms. The highest BCUT2D eigenvalue weighted by atomic mass is 16.6. The maximum atomic E-state index is 13.7. The van der Waals surface area contributed by atoms with E-state index < -0.39 is 41.5 Å². The molecule has 13 heteroatoms. The predicted octanol–water partition coefficient (Wildman–Crippen LogP) is 2.86. The Labute approximate surface area is 248 Å². The number of benzene rings is 1. The molecule has 3 rings (SSSR count). The van der Waals surface area contributed by atoms with E-state index in [1.807, 2.05) is 18.2 Å². The number of carbonyl (C=O) groups is 4. The molecule has 0 bridgehead atoms. The first-order valence-electron chi connectivity index (χ1n) is 13.6. The van der Waals surface area contributed by atoms with Crippen molar-refractivity contribution in [2.75, 3.05) is 11.9 Å². The molecule has 3 amide bonds. The van der Waals surface area contributed by atoms with Crippen molar-refractivity contribution in [1.29, 1.82) is 0 Å². The Kier molecular flexibility index (Phi) is 11.8. The van der Waals surface area contributed by atoms with Gasteiger partial charge < -0.3 is 29.6 Å². The van der Waals surface area contributed by atoms with E-state index in [9.17, 15) is 24.0 Å². The number of amides is 3. The lowest BCUT2D eigenvalue weighted by Gasteiger charge is -2.24. The average Bonchev–Trinajstić information content (AvgIpc) is 3.40. The van der Waals surface area contributed by atoms with Crippen LogP contribution in [0.4, 0.5) is 10.5 Å². The van der Waals surface area contributed by atoms with Crippen LogP contribution in [-0.2, 0) is 36.9 Å². The number of hydrogen-bond donors (Lipinski definition) is 3.